The SMILES string of the molecule is CC(C)n1cnnc1CCNC(=O)c1ccc2cccnc2c1O. The molecule has 124 valence electrons. The van der Waals surface area contributed by atoms with Crippen LogP contribution in [0.4, 0.5) is 0 Å². The van der Waals surface area contributed by atoms with Crippen molar-refractivity contribution >= 4 is 16.8 Å². The zero-order valence-electron chi connectivity index (χ0n) is 13.6. The molecule has 0 atom stereocenters. The van der Waals surface area contributed by atoms with Crippen LogP contribution >= 0.6 is 0 Å². The maximum absolute atomic E-state index is 12.3. The number of aromatic hydroxyl groups is 1. The summed E-state index contributed by atoms with van der Waals surface area (Å²) >= 11 is 0. The summed E-state index contributed by atoms with van der Waals surface area (Å²) in [6.07, 6.45) is 3.83. The van der Waals surface area contributed by atoms with E-state index in [4.69, 9.17) is 0 Å². The molecule has 1 amide bonds. The van der Waals surface area contributed by atoms with Crippen molar-refractivity contribution in [3.63, 3.8) is 0 Å². The number of carbonyl (C=O) groups excluding carboxylic acids is 1. The highest BCUT2D eigenvalue weighted by Gasteiger charge is 2.15. The van der Waals surface area contributed by atoms with Crippen LogP contribution in [0.15, 0.2) is 36.8 Å². The van der Waals surface area contributed by atoms with Crippen molar-refractivity contribution in [2.75, 3.05) is 6.54 Å². The van der Waals surface area contributed by atoms with Gasteiger partial charge in [0.05, 0.1) is 5.56 Å². The van der Waals surface area contributed by atoms with E-state index in [-0.39, 0.29) is 23.3 Å². The van der Waals surface area contributed by atoms with Gasteiger partial charge in [0, 0.05) is 30.6 Å². The smallest absolute Gasteiger partial charge is 0.255 e. The van der Waals surface area contributed by atoms with E-state index in [1.807, 2.05) is 24.5 Å². The van der Waals surface area contributed by atoms with E-state index in [1.54, 1.807) is 30.7 Å². The Morgan fingerprint density at radius 2 is 2.17 bits per heavy atom. The number of phenolic OH excluding ortho intramolecular Hbond substituents is 1. The molecule has 3 rings (SSSR count). The van der Waals surface area contributed by atoms with E-state index in [9.17, 15) is 9.90 Å². The molecule has 0 bridgehead atoms. The number of aromatic nitrogens is 4. The molecule has 0 saturated carbocycles. The second-order valence-corrected chi connectivity index (χ2v) is 5.79. The molecule has 3 aromatic rings. The van der Waals surface area contributed by atoms with Gasteiger partial charge in [0.2, 0.25) is 0 Å². The summed E-state index contributed by atoms with van der Waals surface area (Å²) in [5.74, 6) is 0.376. The minimum Gasteiger partial charge on any atom is -0.505 e. The van der Waals surface area contributed by atoms with Gasteiger partial charge in [-0.25, -0.2) is 0 Å². The topological polar surface area (TPSA) is 92.9 Å². The molecule has 7 nitrogen and oxygen atoms in total. The Balaban J connectivity index is 1.69. The zero-order chi connectivity index (χ0) is 17.1. The first kappa shape index (κ1) is 15.9. The van der Waals surface area contributed by atoms with Crippen molar-refractivity contribution in [2.45, 2.75) is 26.3 Å². The highest BCUT2D eigenvalue weighted by molar-refractivity contribution is 6.02. The molecule has 0 aliphatic rings. The Morgan fingerprint density at radius 1 is 1.33 bits per heavy atom. The van der Waals surface area contributed by atoms with Gasteiger partial charge in [0.25, 0.3) is 5.91 Å². The zero-order valence-corrected chi connectivity index (χ0v) is 13.6. The molecule has 1 aromatic carbocycles. The fourth-order valence-corrected chi connectivity index (χ4v) is 2.57. The quantitative estimate of drug-likeness (QED) is 0.749. The standard InChI is InChI=1S/C17H19N5O2/c1-11(2)22-10-20-21-14(22)7-9-19-17(24)13-6-5-12-4-3-8-18-15(12)16(13)23/h3-6,8,10-11,23H,7,9H2,1-2H3,(H,19,24). The van der Waals surface area contributed by atoms with Gasteiger partial charge in [0.1, 0.15) is 17.7 Å². The number of rotatable bonds is 5. The number of phenols is 1. The average molecular weight is 325 g/mol. The number of nitrogens with one attached hydrogen (secondary N) is 1. The second kappa shape index (κ2) is 6.66. The summed E-state index contributed by atoms with van der Waals surface area (Å²) in [5.41, 5.74) is 0.635. The predicted octanol–water partition coefficient (Wildman–Crippen LogP) is 2.09. The van der Waals surface area contributed by atoms with Gasteiger partial charge in [-0.15, -0.1) is 10.2 Å². The molecule has 24 heavy (non-hydrogen) atoms. The second-order valence-electron chi connectivity index (χ2n) is 5.79. The molecule has 0 aliphatic heterocycles. The third-order valence-corrected chi connectivity index (χ3v) is 3.83. The van der Waals surface area contributed by atoms with Crippen molar-refractivity contribution < 1.29 is 9.90 Å². The molecule has 0 spiro atoms. The van der Waals surface area contributed by atoms with Crippen molar-refractivity contribution in [1.29, 1.82) is 0 Å². The molecule has 2 N–H and O–H groups in total. The van der Waals surface area contributed by atoms with Crippen LogP contribution < -0.4 is 5.32 Å². The van der Waals surface area contributed by atoms with Crippen LogP contribution in [-0.2, 0) is 6.42 Å². The molecule has 0 aliphatic carbocycles. The van der Waals surface area contributed by atoms with E-state index in [0.717, 1.165) is 11.2 Å². The Kier molecular flexibility index (Phi) is 4.41. The van der Waals surface area contributed by atoms with Crippen LogP contribution in [0.5, 0.6) is 5.75 Å². The van der Waals surface area contributed by atoms with Gasteiger partial charge in [-0.2, -0.15) is 0 Å². The molecule has 2 aromatic heterocycles. The fourth-order valence-electron chi connectivity index (χ4n) is 2.57. The van der Waals surface area contributed by atoms with E-state index in [2.05, 4.69) is 20.5 Å². The van der Waals surface area contributed by atoms with Gasteiger partial charge in [-0.3, -0.25) is 9.78 Å². The average Bonchev–Trinajstić information content (AvgIpc) is 3.04. The van der Waals surface area contributed by atoms with Crippen molar-refractivity contribution in [3.8, 4) is 5.75 Å². The lowest BCUT2D eigenvalue weighted by atomic mass is 10.1. The molecule has 0 fully saturated rings. The van der Waals surface area contributed by atoms with Crippen LogP contribution in [0.3, 0.4) is 0 Å². The number of hydrogen-bond acceptors (Lipinski definition) is 5. The molecular weight excluding hydrogens is 306 g/mol. The molecule has 0 unspecified atom stereocenters. The van der Waals surface area contributed by atoms with Crippen molar-refractivity contribution in [1.82, 2.24) is 25.1 Å². The largest absolute Gasteiger partial charge is 0.505 e. The lowest BCUT2D eigenvalue weighted by Gasteiger charge is -2.11. The lowest BCUT2D eigenvalue weighted by molar-refractivity contribution is 0.0951. The summed E-state index contributed by atoms with van der Waals surface area (Å²) in [4.78, 5) is 16.4. The lowest BCUT2D eigenvalue weighted by Crippen LogP contribution is -2.26. The van der Waals surface area contributed by atoms with Gasteiger partial charge in [-0.1, -0.05) is 12.1 Å². The van der Waals surface area contributed by atoms with E-state index in [0.29, 0.717) is 18.5 Å². The van der Waals surface area contributed by atoms with Crippen LogP contribution in [0.1, 0.15) is 36.1 Å². The first-order valence-corrected chi connectivity index (χ1v) is 7.81. The summed E-state index contributed by atoms with van der Waals surface area (Å²) in [5, 5.41) is 21.8. The molecular formula is C17H19N5O2. The highest BCUT2D eigenvalue weighted by atomic mass is 16.3. The molecule has 0 radical (unpaired) electrons. The molecule has 7 heteroatoms. The van der Waals surface area contributed by atoms with Gasteiger partial charge >= 0.3 is 0 Å². The van der Waals surface area contributed by atoms with E-state index >= 15 is 0 Å². The van der Waals surface area contributed by atoms with Gasteiger partial charge < -0.3 is 15.0 Å². The number of benzene rings is 1. The first-order valence-electron chi connectivity index (χ1n) is 7.81. The van der Waals surface area contributed by atoms with Gasteiger partial charge in [0.15, 0.2) is 5.75 Å². The normalized spacial score (nSPS) is 11.1. The monoisotopic (exact) mass is 325 g/mol. The first-order chi connectivity index (χ1) is 11.6. The maximum atomic E-state index is 12.3. The predicted molar refractivity (Wildman–Crippen MR) is 89.9 cm³/mol. The Labute approximate surface area is 139 Å². The van der Waals surface area contributed by atoms with Crippen molar-refractivity contribution in [3.05, 3.63) is 48.2 Å². The minimum atomic E-state index is -0.337. The van der Waals surface area contributed by atoms with E-state index in [1.165, 1.54) is 0 Å². The molecule has 0 saturated heterocycles. The number of carbonyl (C=O) groups is 1. The maximum Gasteiger partial charge on any atom is 0.255 e. The summed E-state index contributed by atoms with van der Waals surface area (Å²) in [6.45, 7) is 4.50. The minimum absolute atomic E-state index is 0.101. The van der Waals surface area contributed by atoms with Crippen LogP contribution in [0.25, 0.3) is 10.9 Å². The highest BCUT2D eigenvalue weighted by Crippen LogP contribution is 2.26. The third kappa shape index (κ3) is 3.05. The van der Waals surface area contributed by atoms with Crippen LogP contribution in [0, 0.1) is 0 Å². The Hall–Kier alpha value is -2.96. The Morgan fingerprint density at radius 3 is 2.96 bits per heavy atom. The molecule has 2 heterocycles. The number of hydrogen-bond donors (Lipinski definition) is 2. The Bertz CT molecular complexity index is 872. The van der Waals surface area contributed by atoms with Crippen molar-refractivity contribution in [2.24, 2.45) is 0 Å². The summed E-state index contributed by atoms with van der Waals surface area (Å²) in [6, 6.07) is 7.26. The summed E-state index contributed by atoms with van der Waals surface area (Å²) in [7, 11) is 0. The fraction of sp³-hybridized carbons (Fsp3) is 0.294. The van der Waals surface area contributed by atoms with E-state index < -0.39 is 0 Å². The van der Waals surface area contributed by atoms with Crippen LogP contribution in [0.2, 0.25) is 0 Å². The number of amides is 1. The summed E-state index contributed by atoms with van der Waals surface area (Å²) < 4.78 is 1.96. The van der Waals surface area contributed by atoms with Gasteiger partial charge in [-0.05, 0) is 26.0 Å². The number of nitrogens with zero attached hydrogens (tertiary/aromatic N) is 4. The van der Waals surface area contributed by atoms with Crippen LogP contribution in [-0.4, -0.2) is 37.3 Å². The number of pyridine rings is 1. The number of fused-ring (bicyclic) bond motifs is 1. The third-order valence-electron chi connectivity index (χ3n) is 3.83.